The quantitative estimate of drug-likeness (QED) is 0.240. The first kappa shape index (κ1) is 25.4. The van der Waals surface area contributed by atoms with Gasteiger partial charge in [0.25, 0.3) is 0 Å². The van der Waals surface area contributed by atoms with E-state index in [2.05, 4.69) is 25.6 Å². The van der Waals surface area contributed by atoms with E-state index in [1.165, 1.54) is 0 Å². The average molecular weight is 550 g/mol. The first-order chi connectivity index (χ1) is 15.1. The van der Waals surface area contributed by atoms with Crippen LogP contribution in [0.4, 0.5) is 0 Å². The monoisotopic (exact) mass is 550 g/mol. The summed E-state index contributed by atoms with van der Waals surface area (Å²) < 4.78 is 13.2. The summed E-state index contributed by atoms with van der Waals surface area (Å²) in [4.78, 5) is 13.4. The van der Waals surface area contributed by atoms with Crippen molar-refractivity contribution in [2.45, 2.75) is 33.4 Å². The second kappa shape index (κ2) is 12.9. The summed E-state index contributed by atoms with van der Waals surface area (Å²) in [5.41, 5.74) is 1.03. The molecule has 2 heterocycles. The van der Waals surface area contributed by atoms with Crippen molar-refractivity contribution in [1.82, 2.24) is 25.2 Å². The summed E-state index contributed by atoms with van der Waals surface area (Å²) in [6.07, 6.45) is 5.46. The van der Waals surface area contributed by atoms with Crippen LogP contribution in [-0.4, -0.2) is 46.8 Å². The van der Waals surface area contributed by atoms with Crippen LogP contribution in [-0.2, 0) is 6.54 Å². The predicted molar refractivity (Wildman–Crippen MR) is 137 cm³/mol. The Morgan fingerprint density at radius 2 is 1.97 bits per heavy atom. The molecule has 0 saturated carbocycles. The summed E-state index contributed by atoms with van der Waals surface area (Å²) in [5.74, 6) is 4.03. The number of imidazole rings is 1. The predicted octanol–water partition coefficient (Wildman–Crippen LogP) is 3.72. The number of aliphatic imine (C=N–C) groups is 1. The van der Waals surface area contributed by atoms with Crippen LogP contribution in [0.2, 0.25) is 0 Å². The lowest BCUT2D eigenvalue weighted by Gasteiger charge is -2.18. The summed E-state index contributed by atoms with van der Waals surface area (Å²) in [6.45, 7) is 7.91. The van der Waals surface area contributed by atoms with Gasteiger partial charge in [0, 0.05) is 31.2 Å². The van der Waals surface area contributed by atoms with Gasteiger partial charge in [0.15, 0.2) is 5.96 Å². The molecule has 0 aliphatic rings. The molecule has 0 aliphatic carbocycles. The van der Waals surface area contributed by atoms with Gasteiger partial charge in [-0.2, -0.15) is 0 Å². The van der Waals surface area contributed by atoms with Crippen LogP contribution < -0.4 is 20.1 Å². The zero-order chi connectivity index (χ0) is 22.1. The number of nitrogens with one attached hydrogen (secondary N) is 2. The van der Waals surface area contributed by atoms with Crippen LogP contribution in [0.15, 0.2) is 60.0 Å². The number of ether oxygens (including phenoxy) is 2. The van der Waals surface area contributed by atoms with Gasteiger partial charge in [-0.15, -0.1) is 24.0 Å². The number of hydrogen-bond donors (Lipinski definition) is 2. The normalized spacial score (nSPS) is 11.9. The molecule has 3 aromatic rings. The Labute approximate surface area is 206 Å². The van der Waals surface area contributed by atoms with E-state index < -0.39 is 0 Å². The minimum atomic E-state index is -0.0460. The Morgan fingerprint density at radius 3 is 2.62 bits per heavy atom. The number of aromatic nitrogens is 3. The number of guanidine groups is 1. The molecule has 2 aromatic heterocycles. The number of nitrogens with zero attached hydrogens (tertiary/aromatic N) is 4. The lowest BCUT2D eigenvalue weighted by atomic mass is 10.3. The Bertz CT molecular complexity index is 990. The summed E-state index contributed by atoms with van der Waals surface area (Å²) in [5, 5.41) is 6.59. The molecule has 32 heavy (non-hydrogen) atoms. The zero-order valence-electron chi connectivity index (χ0n) is 18.9. The van der Waals surface area contributed by atoms with Crippen molar-refractivity contribution in [3.63, 3.8) is 0 Å². The van der Waals surface area contributed by atoms with Crippen LogP contribution in [0, 0.1) is 6.92 Å². The number of methoxy groups -OCH3 is 1. The number of rotatable bonds is 9. The molecule has 0 saturated heterocycles. The van der Waals surface area contributed by atoms with Crippen LogP contribution in [0.25, 0.3) is 5.82 Å². The number of aryl methyl sites for hydroxylation is 1. The second-order valence-electron chi connectivity index (χ2n) is 7.05. The van der Waals surface area contributed by atoms with Gasteiger partial charge in [0.05, 0.1) is 20.2 Å². The third kappa shape index (κ3) is 7.40. The minimum Gasteiger partial charge on any atom is -0.497 e. The molecule has 9 heteroatoms. The molecule has 0 fully saturated rings. The Balaban J connectivity index is 0.00000363. The molecule has 1 atom stereocenters. The highest BCUT2D eigenvalue weighted by Gasteiger charge is 2.07. The smallest absolute Gasteiger partial charge is 0.191 e. The van der Waals surface area contributed by atoms with Crippen LogP contribution in [0.5, 0.6) is 11.5 Å². The van der Waals surface area contributed by atoms with Gasteiger partial charge >= 0.3 is 0 Å². The standard InChI is InChI=1S/C23H30N6O2.HI/c1-5-24-23(27-14-17(2)31-21-8-6-7-20(13-21)30-4)28-16-19-9-10-22(26-15-19)29-12-11-25-18(29)3;/h6-13,15,17H,5,14,16H2,1-4H3,(H2,24,27,28);1H. The summed E-state index contributed by atoms with van der Waals surface area (Å²) in [7, 11) is 1.64. The maximum Gasteiger partial charge on any atom is 0.191 e. The van der Waals surface area contributed by atoms with E-state index in [0.29, 0.717) is 13.1 Å². The molecule has 0 amide bonds. The number of halogens is 1. The van der Waals surface area contributed by atoms with Crippen molar-refractivity contribution < 1.29 is 9.47 Å². The number of pyridine rings is 1. The van der Waals surface area contributed by atoms with E-state index in [-0.39, 0.29) is 30.1 Å². The molecule has 0 radical (unpaired) electrons. The molecular weight excluding hydrogens is 519 g/mol. The molecule has 0 aliphatic heterocycles. The Morgan fingerprint density at radius 1 is 1.16 bits per heavy atom. The van der Waals surface area contributed by atoms with Gasteiger partial charge in [0.2, 0.25) is 0 Å². The number of benzene rings is 1. The zero-order valence-corrected chi connectivity index (χ0v) is 21.2. The van der Waals surface area contributed by atoms with Crippen molar-refractivity contribution in [1.29, 1.82) is 0 Å². The molecule has 3 rings (SSSR count). The van der Waals surface area contributed by atoms with Crippen LogP contribution >= 0.6 is 24.0 Å². The SMILES string of the molecule is CCNC(=NCc1ccc(-n2ccnc2C)nc1)NCC(C)Oc1cccc(OC)c1.I. The van der Waals surface area contributed by atoms with Gasteiger partial charge in [-0.1, -0.05) is 12.1 Å². The highest BCUT2D eigenvalue weighted by Crippen LogP contribution is 2.19. The average Bonchev–Trinajstić information content (AvgIpc) is 3.22. The second-order valence-corrected chi connectivity index (χ2v) is 7.05. The fourth-order valence-corrected chi connectivity index (χ4v) is 2.97. The van der Waals surface area contributed by atoms with E-state index in [4.69, 9.17) is 9.47 Å². The maximum absolute atomic E-state index is 5.96. The fourth-order valence-electron chi connectivity index (χ4n) is 2.97. The van der Waals surface area contributed by atoms with Crippen molar-refractivity contribution in [2.75, 3.05) is 20.2 Å². The lowest BCUT2D eigenvalue weighted by Crippen LogP contribution is -2.41. The van der Waals surface area contributed by atoms with Gasteiger partial charge < -0.3 is 20.1 Å². The van der Waals surface area contributed by atoms with Crippen molar-refractivity contribution in [3.8, 4) is 17.3 Å². The maximum atomic E-state index is 5.96. The molecule has 1 aromatic carbocycles. The van der Waals surface area contributed by atoms with Gasteiger partial charge in [-0.05, 0) is 44.5 Å². The topological polar surface area (TPSA) is 85.6 Å². The molecule has 172 valence electrons. The van der Waals surface area contributed by atoms with Crippen LogP contribution in [0.3, 0.4) is 0 Å². The molecular formula is C23H31IN6O2. The van der Waals surface area contributed by atoms with Gasteiger partial charge in [0.1, 0.15) is 29.2 Å². The van der Waals surface area contributed by atoms with Crippen molar-refractivity contribution in [3.05, 3.63) is 66.4 Å². The Hall–Kier alpha value is -2.82. The van der Waals surface area contributed by atoms with Gasteiger partial charge in [-0.25, -0.2) is 15.0 Å². The first-order valence-electron chi connectivity index (χ1n) is 10.4. The van der Waals surface area contributed by atoms with Crippen molar-refractivity contribution >= 4 is 29.9 Å². The van der Waals surface area contributed by atoms with Gasteiger partial charge in [-0.3, -0.25) is 4.57 Å². The minimum absolute atomic E-state index is 0. The Kier molecular flexibility index (Phi) is 10.3. The summed E-state index contributed by atoms with van der Waals surface area (Å²) in [6, 6.07) is 11.6. The largest absolute Gasteiger partial charge is 0.497 e. The van der Waals surface area contributed by atoms with E-state index in [1.54, 1.807) is 13.3 Å². The summed E-state index contributed by atoms with van der Waals surface area (Å²) >= 11 is 0. The lowest BCUT2D eigenvalue weighted by molar-refractivity contribution is 0.223. The van der Waals surface area contributed by atoms with E-state index in [1.807, 2.05) is 74.1 Å². The van der Waals surface area contributed by atoms with E-state index in [0.717, 1.165) is 41.2 Å². The molecule has 0 spiro atoms. The number of hydrogen-bond acceptors (Lipinski definition) is 5. The highest BCUT2D eigenvalue weighted by molar-refractivity contribution is 14.0. The molecule has 2 N–H and O–H groups in total. The third-order valence-corrected chi connectivity index (χ3v) is 4.58. The molecule has 8 nitrogen and oxygen atoms in total. The highest BCUT2D eigenvalue weighted by atomic mass is 127. The molecule has 1 unspecified atom stereocenters. The fraction of sp³-hybridized carbons (Fsp3) is 0.348. The van der Waals surface area contributed by atoms with E-state index in [9.17, 15) is 0 Å². The first-order valence-corrected chi connectivity index (χ1v) is 10.4. The third-order valence-electron chi connectivity index (χ3n) is 4.58. The molecule has 0 bridgehead atoms. The van der Waals surface area contributed by atoms with Crippen molar-refractivity contribution in [2.24, 2.45) is 4.99 Å². The van der Waals surface area contributed by atoms with E-state index >= 15 is 0 Å². The van der Waals surface area contributed by atoms with Crippen LogP contribution in [0.1, 0.15) is 25.2 Å².